The van der Waals surface area contributed by atoms with E-state index in [-0.39, 0.29) is 74.4 Å². The molecule has 0 spiro atoms. The van der Waals surface area contributed by atoms with Gasteiger partial charge < -0.3 is 0 Å². The molecule has 0 fully saturated rings. The molecule has 0 aliphatic heterocycles. The maximum Gasteiger partial charge on any atom is -0.0623 e. The van der Waals surface area contributed by atoms with E-state index in [0.717, 1.165) is 0 Å². The normalized spacial score (nSPS) is 6.00. The third-order valence-electron chi connectivity index (χ3n) is 2.00. The highest BCUT2D eigenvalue weighted by Crippen LogP contribution is 1.81. The van der Waals surface area contributed by atoms with E-state index >= 15 is 0 Å². The van der Waals surface area contributed by atoms with Crippen LogP contribution in [0.25, 0.3) is 0 Å². The average Bonchev–Trinajstić information content (AvgIpc) is 2.54. The van der Waals surface area contributed by atoms with Gasteiger partial charge in [0.2, 0.25) is 0 Å². The lowest BCUT2D eigenvalue weighted by atomic mass is 10.4. The molecule has 3 rings (SSSR count). The summed E-state index contributed by atoms with van der Waals surface area (Å²) in [6.45, 7) is 0. The molecule has 0 N–H and O–H groups in total. The predicted molar refractivity (Wildman–Crippen MR) is 123 cm³/mol. The minimum Gasteiger partial charge on any atom is -0.147 e. The molecule has 0 aliphatic rings. The zero-order valence-corrected chi connectivity index (χ0v) is 17.7. The molecule has 0 aromatic heterocycles. The first-order chi connectivity index (χ1) is 9.00. The number of halogens is 6. The van der Waals surface area contributed by atoms with Crippen molar-refractivity contribution in [3.63, 3.8) is 0 Å². The van der Waals surface area contributed by atoms with E-state index in [4.69, 9.17) is 0 Å². The Morgan fingerprint density at radius 2 is 0.167 bits per heavy atom. The van der Waals surface area contributed by atoms with Gasteiger partial charge in [-0.3, -0.25) is 0 Å². The highest BCUT2D eigenvalue weighted by molar-refractivity contribution is 5.86. The van der Waals surface area contributed by atoms with Crippen LogP contribution in [0.2, 0.25) is 0 Å². The Morgan fingerprint density at radius 1 is 0.125 bits per heavy atom. The molecule has 3 aromatic rings. The van der Waals surface area contributed by atoms with E-state index in [1.807, 2.05) is 109 Å². The summed E-state index contributed by atoms with van der Waals surface area (Å²) >= 11 is 0. The third kappa shape index (κ3) is 29.4. The molecule has 0 saturated heterocycles. The summed E-state index contributed by atoms with van der Waals surface area (Å²) in [6.07, 6.45) is 0. The van der Waals surface area contributed by atoms with Crippen LogP contribution in [-0.4, -0.2) is 0 Å². The van der Waals surface area contributed by atoms with Crippen LogP contribution in [0.1, 0.15) is 0 Å². The lowest BCUT2D eigenvalue weighted by Gasteiger charge is -1.69. The molecule has 0 atom stereocenters. The smallest absolute Gasteiger partial charge is 0.0623 e. The van der Waals surface area contributed by atoms with Gasteiger partial charge >= 0.3 is 0 Å². The summed E-state index contributed by atoms with van der Waals surface area (Å²) in [4.78, 5) is 0. The first kappa shape index (κ1) is 38.8. The van der Waals surface area contributed by atoms with Crippen molar-refractivity contribution in [2.24, 2.45) is 0 Å². The second-order valence-electron chi connectivity index (χ2n) is 3.46. The molecule has 0 aliphatic carbocycles. The summed E-state index contributed by atoms with van der Waals surface area (Å²) < 4.78 is 0. The number of hydrogen-bond acceptors (Lipinski definition) is 0. The van der Waals surface area contributed by atoms with Gasteiger partial charge in [-0.05, 0) is 0 Å². The standard InChI is InChI=1S/3C6H6.6ClH/c3*1-2-4-6-5-3-1;;;;;;/h3*1-6H;6*1H. The van der Waals surface area contributed by atoms with Crippen LogP contribution in [0.15, 0.2) is 109 Å². The Hall–Kier alpha value is -0.600. The fourth-order valence-corrected chi connectivity index (χ4v) is 1.15. The topological polar surface area (TPSA) is 0 Å². The number of rotatable bonds is 0. The fraction of sp³-hybridized carbons (Fsp3) is 0. The Bertz CT molecular complexity index is 310. The second-order valence-corrected chi connectivity index (χ2v) is 3.46. The van der Waals surface area contributed by atoms with Gasteiger partial charge in [-0.15, -0.1) is 74.4 Å². The molecule has 6 heteroatoms. The first-order valence-electron chi connectivity index (χ1n) is 6.00. The van der Waals surface area contributed by atoms with E-state index in [2.05, 4.69) is 0 Å². The van der Waals surface area contributed by atoms with Crippen molar-refractivity contribution in [1.82, 2.24) is 0 Å². The average molecular weight is 453 g/mol. The predicted octanol–water partition coefficient (Wildman–Crippen LogP) is 7.59. The molecule has 0 radical (unpaired) electrons. The molecule has 138 valence electrons. The summed E-state index contributed by atoms with van der Waals surface area (Å²) in [5, 5.41) is 0. The lowest BCUT2D eigenvalue weighted by Crippen LogP contribution is -1.47. The summed E-state index contributed by atoms with van der Waals surface area (Å²) in [5.74, 6) is 0. The van der Waals surface area contributed by atoms with Gasteiger partial charge in [0.05, 0.1) is 0 Å². The maximum atomic E-state index is 2.00. The van der Waals surface area contributed by atoms with Crippen LogP contribution in [0.5, 0.6) is 0 Å². The van der Waals surface area contributed by atoms with Gasteiger partial charge in [0.15, 0.2) is 0 Å². The molecule has 3 aromatic carbocycles. The maximum absolute atomic E-state index is 2.00. The van der Waals surface area contributed by atoms with Gasteiger partial charge in [0, 0.05) is 0 Å². The van der Waals surface area contributed by atoms with Crippen LogP contribution in [0.3, 0.4) is 0 Å². The minimum atomic E-state index is 0. The second kappa shape index (κ2) is 33.9. The lowest BCUT2D eigenvalue weighted by molar-refractivity contribution is 1.72. The zero-order chi connectivity index (χ0) is 12.7. The largest absolute Gasteiger partial charge is 0.147 e. The van der Waals surface area contributed by atoms with Gasteiger partial charge in [-0.2, -0.15) is 0 Å². The first-order valence-corrected chi connectivity index (χ1v) is 6.00. The molecule has 0 nitrogen and oxygen atoms in total. The van der Waals surface area contributed by atoms with E-state index in [1.54, 1.807) is 0 Å². The van der Waals surface area contributed by atoms with Crippen LogP contribution in [-0.2, 0) is 0 Å². The molecule has 0 amide bonds. The zero-order valence-electron chi connectivity index (χ0n) is 12.8. The molecule has 0 saturated carbocycles. The van der Waals surface area contributed by atoms with Crippen molar-refractivity contribution in [3.8, 4) is 0 Å². The fourth-order valence-electron chi connectivity index (χ4n) is 1.15. The number of hydrogen-bond donors (Lipinski definition) is 0. The Kier molecular flexibility index (Phi) is 54.7. The van der Waals surface area contributed by atoms with Gasteiger partial charge in [-0.1, -0.05) is 109 Å². The SMILES string of the molecule is Cl.Cl.Cl.Cl.Cl.Cl.c1ccccc1.c1ccccc1.c1ccccc1. The summed E-state index contributed by atoms with van der Waals surface area (Å²) in [6, 6.07) is 36.0. The van der Waals surface area contributed by atoms with E-state index in [1.165, 1.54) is 0 Å². The number of benzene rings is 3. The van der Waals surface area contributed by atoms with Crippen LogP contribution < -0.4 is 0 Å². The van der Waals surface area contributed by atoms with Crippen LogP contribution >= 0.6 is 74.4 Å². The summed E-state index contributed by atoms with van der Waals surface area (Å²) in [7, 11) is 0. The van der Waals surface area contributed by atoms with Gasteiger partial charge in [0.1, 0.15) is 0 Å². The summed E-state index contributed by atoms with van der Waals surface area (Å²) in [5.41, 5.74) is 0. The monoisotopic (exact) mass is 450 g/mol. The molecular weight excluding hydrogens is 429 g/mol. The molecule has 24 heavy (non-hydrogen) atoms. The molecule has 0 heterocycles. The highest BCUT2D eigenvalue weighted by Gasteiger charge is 1.59. The van der Waals surface area contributed by atoms with Gasteiger partial charge in [0.25, 0.3) is 0 Å². The van der Waals surface area contributed by atoms with E-state index in [9.17, 15) is 0 Å². The van der Waals surface area contributed by atoms with Crippen molar-refractivity contribution in [3.05, 3.63) is 109 Å². The third-order valence-corrected chi connectivity index (χ3v) is 2.00. The van der Waals surface area contributed by atoms with E-state index < -0.39 is 0 Å². The van der Waals surface area contributed by atoms with Gasteiger partial charge in [-0.25, -0.2) is 0 Å². The van der Waals surface area contributed by atoms with E-state index in [0.29, 0.717) is 0 Å². The van der Waals surface area contributed by atoms with Crippen LogP contribution in [0, 0.1) is 0 Å². The molecule has 0 unspecified atom stereocenters. The quantitative estimate of drug-likeness (QED) is 0.329. The molecule has 0 bridgehead atoms. The molecular formula is C18H24Cl6. The van der Waals surface area contributed by atoms with Crippen molar-refractivity contribution in [1.29, 1.82) is 0 Å². The van der Waals surface area contributed by atoms with Crippen LogP contribution in [0.4, 0.5) is 0 Å². The van der Waals surface area contributed by atoms with Crippen molar-refractivity contribution < 1.29 is 0 Å². The van der Waals surface area contributed by atoms with Crippen molar-refractivity contribution in [2.75, 3.05) is 0 Å². The Morgan fingerprint density at radius 3 is 0.208 bits per heavy atom. The highest BCUT2D eigenvalue weighted by atomic mass is 35.5. The Labute approximate surface area is 182 Å². The van der Waals surface area contributed by atoms with Crippen molar-refractivity contribution in [2.45, 2.75) is 0 Å². The Balaban J connectivity index is -0.0000000450. The van der Waals surface area contributed by atoms with Crippen molar-refractivity contribution >= 4 is 74.4 Å². The minimum absolute atomic E-state index is 0.